The molecule has 0 aliphatic rings. The first-order valence-corrected chi connectivity index (χ1v) is 6.80. The van der Waals surface area contributed by atoms with Crippen molar-refractivity contribution in [3.05, 3.63) is 71.6 Å². The third-order valence-electron chi connectivity index (χ3n) is 3.16. The molecule has 0 spiro atoms. The van der Waals surface area contributed by atoms with Crippen LogP contribution in [-0.4, -0.2) is 20.9 Å². The zero-order valence-electron chi connectivity index (χ0n) is 12.1. The van der Waals surface area contributed by atoms with Gasteiger partial charge in [-0.1, -0.05) is 18.2 Å². The molecule has 5 nitrogen and oxygen atoms in total. The Kier molecular flexibility index (Phi) is 3.84. The zero-order valence-corrected chi connectivity index (χ0v) is 12.1. The average molecular weight is 314 g/mol. The number of amides is 1. The van der Waals surface area contributed by atoms with E-state index in [1.165, 1.54) is 4.80 Å². The van der Waals surface area contributed by atoms with Crippen molar-refractivity contribution >= 4 is 11.6 Å². The Morgan fingerprint density at radius 2 is 1.83 bits per heavy atom. The van der Waals surface area contributed by atoms with Gasteiger partial charge in [0.15, 0.2) is 5.69 Å². The molecular formula is C16H12F2N4O. The fraction of sp³-hybridized carbons (Fsp3) is 0.0625. The molecule has 1 amide bonds. The third kappa shape index (κ3) is 3.08. The van der Waals surface area contributed by atoms with Crippen LogP contribution >= 0.6 is 0 Å². The van der Waals surface area contributed by atoms with Gasteiger partial charge in [0.1, 0.15) is 11.6 Å². The summed E-state index contributed by atoms with van der Waals surface area (Å²) in [5.41, 5.74) is 1.04. The van der Waals surface area contributed by atoms with Crippen LogP contribution in [0.25, 0.3) is 5.69 Å². The molecule has 7 heteroatoms. The van der Waals surface area contributed by atoms with Gasteiger partial charge < -0.3 is 5.32 Å². The molecule has 0 aliphatic heterocycles. The van der Waals surface area contributed by atoms with Gasteiger partial charge in [-0.2, -0.15) is 9.90 Å². The molecule has 0 fully saturated rings. The first-order valence-electron chi connectivity index (χ1n) is 6.80. The smallest absolute Gasteiger partial charge is 0.278 e. The summed E-state index contributed by atoms with van der Waals surface area (Å²) in [5, 5.41) is 10.7. The first kappa shape index (κ1) is 14.8. The summed E-state index contributed by atoms with van der Waals surface area (Å²) in [6, 6.07) is 12.0. The standard InChI is InChI=1S/C16H12F2N4O/c1-10-15(21-22(20-10)12-5-3-2-4-6-12)16(23)19-14-8-7-11(17)9-13(14)18/h2-9H,1H3,(H,19,23). The van der Waals surface area contributed by atoms with Crippen molar-refractivity contribution in [1.82, 2.24) is 15.0 Å². The molecule has 3 rings (SSSR count). The van der Waals surface area contributed by atoms with Crippen LogP contribution in [0.3, 0.4) is 0 Å². The van der Waals surface area contributed by atoms with Crippen molar-refractivity contribution in [3.63, 3.8) is 0 Å². The molecule has 1 N–H and O–H groups in total. The topological polar surface area (TPSA) is 59.8 Å². The van der Waals surface area contributed by atoms with E-state index in [1.54, 1.807) is 19.1 Å². The van der Waals surface area contributed by atoms with Crippen LogP contribution in [0.2, 0.25) is 0 Å². The van der Waals surface area contributed by atoms with Crippen molar-refractivity contribution in [2.24, 2.45) is 0 Å². The molecule has 0 unspecified atom stereocenters. The quantitative estimate of drug-likeness (QED) is 0.808. The number of aryl methyl sites for hydroxylation is 1. The highest BCUT2D eigenvalue weighted by atomic mass is 19.1. The number of benzene rings is 2. The lowest BCUT2D eigenvalue weighted by Gasteiger charge is -2.04. The molecule has 23 heavy (non-hydrogen) atoms. The van der Waals surface area contributed by atoms with Gasteiger partial charge in [-0.25, -0.2) is 8.78 Å². The summed E-state index contributed by atoms with van der Waals surface area (Å²) in [5.74, 6) is -2.19. The minimum Gasteiger partial charge on any atom is -0.318 e. The van der Waals surface area contributed by atoms with E-state index in [4.69, 9.17) is 0 Å². The number of carbonyl (C=O) groups is 1. The van der Waals surface area contributed by atoms with Gasteiger partial charge in [0.05, 0.1) is 17.1 Å². The lowest BCUT2D eigenvalue weighted by Crippen LogP contribution is -2.15. The lowest BCUT2D eigenvalue weighted by molar-refractivity contribution is 0.102. The molecule has 0 saturated heterocycles. The van der Waals surface area contributed by atoms with Gasteiger partial charge in [0.2, 0.25) is 0 Å². The maximum absolute atomic E-state index is 13.6. The van der Waals surface area contributed by atoms with Gasteiger partial charge in [-0.05, 0) is 31.2 Å². The van der Waals surface area contributed by atoms with E-state index in [0.29, 0.717) is 17.4 Å². The van der Waals surface area contributed by atoms with E-state index in [0.717, 1.165) is 12.1 Å². The molecule has 1 heterocycles. The number of nitrogens with one attached hydrogen (secondary N) is 1. The van der Waals surface area contributed by atoms with E-state index in [9.17, 15) is 13.6 Å². The fourth-order valence-corrected chi connectivity index (χ4v) is 2.04. The summed E-state index contributed by atoms with van der Waals surface area (Å²) in [6.07, 6.45) is 0. The summed E-state index contributed by atoms with van der Waals surface area (Å²) in [4.78, 5) is 13.6. The Bertz CT molecular complexity index is 862. The maximum atomic E-state index is 13.6. The first-order chi connectivity index (χ1) is 11.0. The molecule has 3 aromatic rings. The molecule has 1 aromatic heterocycles. The van der Waals surface area contributed by atoms with Crippen LogP contribution in [-0.2, 0) is 0 Å². The van der Waals surface area contributed by atoms with Gasteiger partial charge in [-0.15, -0.1) is 5.10 Å². The number of nitrogens with zero attached hydrogens (tertiary/aromatic N) is 3. The van der Waals surface area contributed by atoms with Crippen LogP contribution in [0.1, 0.15) is 16.2 Å². The van der Waals surface area contributed by atoms with Crippen molar-refractivity contribution < 1.29 is 13.6 Å². The number of halogens is 2. The average Bonchev–Trinajstić information content (AvgIpc) is 2.93. The van der Waals surface area contributed by atoms with Crippen molar-refractivity contribution in [2.45, 2.75) is 6.92 Å². The highest BCUT2D eigenvalue weighted by molar-refractivity contribution is 6.03. The Morgan fingerprint density at radius 3 is 2.52 bits per heavy atom. The molecule has 116 valence electrons. The van der Waals surface area contributed by atoms with Gasteiger partial charge in [-0.3, -0.25) is 4.79 Å². The van der Waals surface area contributed by atoms with Gasteiger partial charge in [0, 0.05) is 6.07 Å². The minimum atomic E-state index is -0.855. The molecular weight excluding hydrogens is 302 g/mol. The SMILES string of the molecule is Cc1nn(-c2ccccc2)nc1C(=O)Nc1ccc(F)cc1F. The Labute approximate surface area is 130 Å². The van der Waals surface area contributed by atoms with Crippen LogP contribution in [0.5, 0.6) is 0 Å². The maximum Gasteiger partial charge on any atom is 0.278 e. The van der Waals surface area contributed by atoms with Crippen molar-refractivity contribution in [2.75, 3.05) is 5.32 Å². The van der Waals surface area contributed by atoms with Crippen LogP contribution in [0.4, 0.5) is 14.5 Å². The van der Waals surface area contributed by atoms with Gasteiger partial charge in [0.25, 0.3) is 5.91 Å². The summed E-state index contributed by atoms with van der Waals surface area (Å²) >= 11 is 0. The van der Waals surface area contributed by atoms with E-state index in [2.05, 4.69) is 15.5 Å². The minimum absolute atomic E-state index is 0.0672. The van der Waals surface area contributed by atoms with Crippen molar-refractivity contribution in [1.29, 1.82) is 0 Å². The summed E-state index contributed by atoms with van der Waals surface area (Å²) < 4.78 is 26.5. The van der Waals surface area contributed by atoms with E-state index >= 15 is 0 Å². The number of para-hydroxylation sites is 1. The summed E-state index contributed by atoms with van der Waals surface area (Å²) in [7, 11) is 0. The monoisotopic (exact) mass is 314 g/mol. The van der Waals surface area contributed by atoms with Crippen LogP contribution < -0.4 is 5.32 Å². The highest BCUT2D eigenvalue weighted by Gasteiger charge is 2.18. The number of hydrogen-bond acceptors (Lipinski definition) is 3. The number of carbonyl (C=O) groups excluding carboxylic acids is 1. The molecule has 0 saturated carbocycles. The second-order valence-corrected chi connectivity index (χ2v) is 4.84. The van der Waals surface area contributed by atoms with E-state index in [-0.39, 0.29) is 11.4 Å². The zero-order chi connectivity index (χ0) is 16.4. The number of rotatable bonds is 3. The Morgan fingerprint density at radius 1 is 1.09 bits per heavy atom. The highest BCUT2D eigenvalue weighted by Crippen LogP contribution is 2.16. The second kappa shape index (κ2) is 5.96. The molecule has 0 radical (unpaired) electrons. The van der Waals surface area contributed by atoms with Crippen LogP contribution in [0, 0.1) is 18.6 Å². The summed E-state index contributed by atoms with van der Waals surface area (Å²) in [6.45, 7) is 1.63. The van der Waals surface area contributed by atoms with Gasteiger partial charge >= 0.3 is 0 Å². The molecule has 0 atom stereocenters. The third-order valence-corrected chi connectivity index (χ3v) is 3.16. The normalized spacial score (nSPS) is 10.6. The Hall–Kier alpha value is -3.09. The second-order valence-electron chi connectivity index (χ2n) is 4.84. The van der Waals surface area contributed by atoms with E-state index < -0.39 is 17.5 Å². The predicted molar refractivity (Wildman–Crippen MR) is 80.4 cm³/mol. The predicted octanol–water partition coefficient (Wildman–Crippen LogP) is 3.11. The lowest BCUT2D eigenvalue weighted by atomic mass is 10.2. The van der Waals surface area contributed by atoms with Crippen LogP contribution in [0.15, 0.2) is 48.5 Å². The largest absolute Gasteiger partial charge is 0.318 e. The number of hydrogen-bond donors (Lipinski definition) is 1. The van der Waals surface area contributed by atoms with Crippen molar-refractivity contribution in [3.8, 4) is 5.69 Å². The number of aromatic nitrogens is 3. The molecule has 0 bridgehead atoms. The van der Waals surface area contributed by atoms with E-state index in [1.807, 2.05) is 18.2 Å². The molecule has 2 aromatic carbocycles. The molecule has 0 aliphatic carbocycles. The Balaban J connectivity index is 1.87. The fourth-order valence-electron chi connectivity index (χ4n) is 2.04. The number of anilines is 1.